The van der Waals surface area contributed by atoms with Crippen LogP contribution in [0.25, 0.3) is 0 Å². The zero-order valence-electron chi connectivity index (χ0n) is 12.9. The number of esters is 1. The summed E-state index contributed by atoms with van der Waals surface area (Å²) >= 11 is 0. The molecule has 0 aliphatic carbocycles. The predicted molar refractivity (Wildman–Crippen MR) is 78.6 cm³/mol. The summed E-state index contributed by atoms with van der Waals surface area (Å²) in [4.78, 5) is 23.5. The van der Waals surface area contributed by atoms with Gasteiger partial charge in [-0.25, -0.2) is 0 Å². The number of carbonyl (C=O) groups is 2. The van der Waals surface area contributed by atoms with Crippen LogP contribution in [-0.4, -0.2) is 32.2 Å². The third-order valence-electron chi connectivity index (χ3n) is 2.80. The average Bonchev–Trinajstić information content (AvgIpc) is 2.46. The highest BCUT2D eigenvalue weighted by atomic mass is 16.5. The second-order valence-corrected chi connectivity index (χ2v) is 4.79. The third-order valence-corrected chi connectivity index (χ3v) is 2.80. The lowest BCUT2D eigenvalue weighted by molar-refractivity contribution is -0.156. The van der Waals surface area contributed by atoms with Crippen molar-refractivity contribution in [2.24, 2.45) is 5.92 Å². The standard InChI is InChI=1S/C15H21NO5/c1-9(2)15(18)21-10(3)14(17)16-12-8-11(19-4)6-7-13(12)20-5/h6-10H,1-5H3,(H,16,17). The number of methoxy groups -OCH3 is 2. The number of anilines is 1. The smallest absolute Gasteiger partial charge is 0.309 e. The van der Waals surface area contributed by atoms with Crippen molar-refractivity contribution < 1.29 is 23.8 Å². The molecule has 0 heterocycles. The second-order valence-electron chi connectivity index (χ2n) is 4.79. The first-order chi connectivity index (χ1) is 9.88. The molecule has 1 atom stereocenters. The average molecular weight is 295 g/mol. The van der Waals surface area contributed by atoms with Gasteiger partial charge in [0.05, 0.1) is 25.8 Å². The van der Waals surface area contributed by atoms with Crippen LogP contribution >= 0.6 is 0 Å². The van der Waals surface area contributed by atoms with Crippen LogP contribution in [0.3, 0.4) is 0 Å². The Labute approximate surface area is 124 Å². The molecule has 0 aromatic heterocycles. The zero-order chi connectivity index (χ0) is 16.0. The van der Waals surface area contributed by atoms with Crippen molar-refractivity contribution in [3.63, 3.8) is 0 Å². The van der Waals surface area contributed by atoms with Gasteiger partial charge in [-0.1, -0.05) is 13.8 Å². The number of nitrogens with one attached hydrogen (secondary N) is 1. The predicted octanol–water partition coefficient (Wildman–Crippen LogP) is 2.23. The van der Waals surface area contributed by atoms with Crippen LogP contribution < -0.4 is 14.8 Å². The Morgan fingerprint density at radius 2 is 1.76 bits per heavy atom. The van der Waals surface area contributed by atoms with E-state index in [2.05, 4.69) is 5.32 Å². The van der Waals surface area contributed by atoms with Gasteiger partial charge in [-0.3, -0.25) is 9.59 Å². The SMILES string of the molecule is COc1ccc(OC)c(NC(=O)C(C)OC(=O)C(C)C)c1. The summed E-state index contributed by atoms with van der Waals surface area (Å²) in [6, 6.07) is 5.03. The Morgan fingerprint density at radius 3 is 2.29 bits per heavy atom. The molecule has 1 rings (SSSR count). The van der Waals surface area contributed by atoms with Crippen molar-refractivity contribution in [3.8, 4) is 11.5 Å². The fraction of sp³-hybridized carbons (Fsp3) is 0.467. The number of amides is 1. The van der Waals surface area contributed by atoms with Crippen LogP contribution in [0.5, 0.6) is 11.5 Å². The minimum Gasteiger partial charge on any atom is -0.497 e. The van der Waals surface area contributed by atoms with Crippen LogP contribution in [0.15, 0.2) is 18.2 Å². The minimum absolute atomic E-state index is 0.286. The third kappa shape index (κ3) is 4.66. The molecule has 1 N–H and O–H groups in total. The fourth-order valence-corrected chi connectivity index (χ4v) is 1.51. The molecule has 1 amide bonds. The maximum absolute atomic E-state index is 12.1. The van der Waals surface area contributed by atoms with Gasteiger partial charge in [0, 0.05) is 6.07 Å². The monoisotopic (exact) mass is 295 g/mol. The van der Waals surface area contributed by atoms with Gasteiger partial charge in [0.1, 0.15) is 11.5 Å². The van der Waals surface area contributed by atoms with E-state index >= 15 is 0 Å². The Kier molecular flexibility index (Phi) is 6.02. The molecule has 0 saturated carbocycles. The number of benzene rings is 1. The lowest BCUT2D eigenvalue weighted by Gasteiger charge is -2.16. The van der Waals surface area contributed by atoms with E-state index in [9.17, 15) is 9.59 Å². The van der Waals surface area contributed by atoms with Gasteiger partial charge in [0.15, 0.2) is 6.10 Å². The quantitative estimate of drug-likeness (QED) is 0.815. The Bertz CT molecular complexity index is 513. The van der Waals surface area contributed by atoms with Gasteiger partial charge < -0.3 is 19.5 Å². The number of hydrogen-bond donors (Lipinski definition) is 1. The molecule has 0 bridgehead atoms. The largest absolute Gasteiger partial charge is 0.497 e. The molecule has 0 aliphatic rings. The van der Waals surface area contributed by atoms with Crippen molar-refractivity contribution in [3.05, 3.63) is 18.2 Å². The summed E-state index contributed by atoms with van der Waals surface area (Å²) in [5, 5.41) is 2.66. The molecule has 116 valence electrons. The minimum atomic E-state index is -0.893. The molecule has 0 aliphatic heterocycles. The Balaban J connectivity index is 2.80. The second kappa shape index (κ2) is 7.52. The maximum atomic E-state index is 12.1. The van der Waals surface area contributed by atoms with Crippen molar-refractivity contribution in [2.75, 3.05) is 19.5 Å². The normalized spacial score (nSPS) is 11.7. The highest BCUT2D eigenvalue weighted by Crippen LogP contribution is 2.29. The maximum Gasteiger partial charge on any atom is 0.309 e. The molecule has 0 radical (unpaired) electrons. The van der Waals surface area contributed by atoms with Gasteiger partial charge in [0.25, 0.3) is 5.91 Å². The van der Waals surface area contributed by atoms with Gasteiger partial charge in [-0.15, -0.1) is 0 Å². The van der Waals surface area contributed by atoms with E-state index < -0.39 is 18.0 Å². The molecule has 0 saturated heterocycles. The summed E-state index contributed by atoms with van der Waals surface area (Å²) < 4.78 is 15.3. The van der Waals surface area contributed by atoms with Crippen LogP contribution in [0, 0.1) is 5.92 Å². The van der Waals surface area contributed by atoms with Crippen molar-refractivity contribution in [2.45, 2.75) is 26.9 Å². The first-order valence-corrected chi connectivity index (χ1v) is 6.62. The summed E-state index contributed by atoms with van der Waals surface area (Å²) in [7, 11) is 3.03. The zero-order valence-corrected chi connectivity index (χ0v) is 12.9. The number of ether oxygens (including phenoxy) is 3. The molecular weight excluding hydrogens is 274 g/mol. The first kappa shape index (κ1) is 16.8. The van der Waals surface area contributed by atoms with Gasteiger partial charge >= 0.3 is 5.97 Å². The van der Waals surface area contributed by atoms with Gasteiger partial charge in [0.2, 0.25) is 0 Å². The molecule has 0 spiro atoms. The molecule has 21 heavy (non-hydrogen) atoms. The molecular formula is C15H21NO5. The summed E-state index contributed by atoms with van der Waals surface area (Å²) in [5.41, 5.74) is 0.453. The van der Waals surface area contributed by atoms with E-state index in [0.29, 0.717) is 17.2 Å². The fourth-order valence-electron chi connectivity index (χ4n) is 1.51. The van der Waals surface area contributed by atoms with Crippen LogP contribution in [0.1, 0.15) is 20.8 Å². The van der Waals surface area contributed by atoms with E-state index in [4.69, 9.17) is 14.2 Å². The highest BCUT2D eigenvalue weighted by molar-refractivity contribution is 5.96. The number of carbonyl (C=O) groups excluding carboxylic acids is 2. The van der Waals surface area contributed by atoms with Crippen LogP contribution in [-0.2, 0) is 14.3 Å². The molecule has 1 aromatic rings. The summed E-state index contributed by atoms with van der Waals surface area (Å²) in [5.74, 6) is -0.0677. The lowest BCUT2D eigenvalue weighted by Crippen LogP contribution is -2.31. The summed E-state index contributed by atoms with van der Waals surface area (Å²) in [6.45, 7) is 4.93. The molecule has 6 nitrogen and oxygen atoms in total. The molecule has 0 fully saturated rings. The highest BCUT2D eigenvalue weighted by Gasteiger charge is 2.20. The van der Waals surface area contributed by atoms with Crippen LogP contribution in [0.4, 0.5) is 5.69 Å². The van der Waals surface area contributed by atoms with Crippen molar-refractivity contribution in [1.29, 1.82) is 0 Å². The Hall–Kier alpha value is -2.24. The van der Waals surface area contributed by atoms with Gasteiger partial charge in [-0.05, 0) is 19.1 Å². The van der Waals surface area contributed by atoms with E-state index in [-0.39, 0.29) is 5.92 Å². The number of rotatable bonds is 6. The lowest BCUT2D eigenvalue weighted by atomic mass is 10.2. The topological polar surface area (TPSA) is 73.9 Å². The van der Waals surface area contributed by atoms with Crippen LogP contribution in [0.2, 0.25) is 0 Å². The van der Waals surface area contributed by atoms with E-state index in [1.807, 2.05) is 0 Å². The van der Waals surface area contributed by atoms with Crippen molar-refractivity contribution in [1.82, 2.24) is 0 Å². The molecule has 6 heteroatoms. The van der Waals surface area contributed by atoms with E-state index in [0.717, 1.165) is 0 Å². The first-order valence-electron chi connectivity index (χ1n) is 6.62. The molecule has 1 aromatic carbocycles. The number of hydrogen-bond acceptors (Lipinski definition) is 5. The summed E-state index contributed by atoms with van der Waals surface area (Å²) in [6.07, 6.45) is -0.893. The Morgan fingerprint density at radius 1 is 1.10 bits per heavy atom. The van der Waals surface area contributed by atoms with E-state index in [1.165, 1.54) is 21.1 Å². The van der Waals surface area contributed by atoms with E-state index in [1.54, 1.807) is 32.0 Å². The van der Waals surface area contributed by atoms with Gasteiger partial charge in [-0.2, -0.15) is 0 Å². The molecule has 1 unspecified atom stereocenters. The van der Waals surface area contributed by atoms with Crippen molar-refractivity contribution >= 4 is 17.6 Å².